The van der Waals surface area contributed by atoms with Crippen molar-refractivity contribution in [1.82, 2.24) is 5.32 Å². The Bertz CT molecular complexity index is 458. The second-order valence-corrected chi connectivity index (χ2v) is 4.68. The van der Waals surface area contributed by atoms with Gasteiger partial charge >= 0.3 is 0 Å². The van der Waals surface area contributed by atoms with Crippen molar-refractivity contribution in [3.8, 4) is 11.5 Å². The number of anilines is 1. The van der Waals surface area contributed by atoms with E-state index < -0.39 is 5.54 Å². The molecule has 0 saturated heterocycles. The Hall–Kier alpha value is -1.75. The molecule has 0 spiro atoms. The Balaban J connectivity index is 2.08. The lowest BCUT2D eigenvalue weighted by molar-refractivity contribution is -0.121. The topological polar surface area (TPSA) is 59.6 Å². The lowest BCUT2D eigenvalue weighted by atomic mass is 10.0. The predicted molar refractivity (Wildman–Crippen MR) is 69.0 cm³/mol. The lowest BCUT2D eigenvalue weighted by Crippen LogP contribution is -2.49. The number of nitrogens with one attached hydrogen (secondary N) is 2. The van der Waals surface area contributed by atoms with Crippen molar-refractivity contribution in [3.05, 3.63) is 18.2 Å². The molecular weight excluding hydrogens is 232 g/mol. The van der Waals surface area contributed by atoms with E-state index in [1.165, 1.54) is 0 Å². The van der Waals surface area contributed by atoms with Crippen LogP contribution >= 0.6 is 0 Å². The number of likely N-dealkylation sites (N-methyl/N-ethyl adjacent to an activating group) is 1. The van der Waals surface area contributed by atoms with Crippen molar-refractivity contribution >= 4 is 11.6 Å². The van der Waals surface area contributed by atoms with Crippen molar-refractivity contribution in [2.45, 2.75) is 26.3 Å². The van der Waals surface area contributed by atoms with Crippen LogP contribution in [-0.4, -0.2) is 24.8 Å². The first-order chi connectivity index (χ1) is 8.53. The number of rotatable bonds is 4. The Morgan fingerprint density at radius 1 is 1.33 bits per heavy atom. The molecule has 0 fully saturated rings. The highest BCUT2D eigenvalue weighted by Gasteiger charge is 2.26. The van der Waals surface area contributed by atoms with Gasteiger partial charge in [-0.25, -0.2) is 0 Å². The number of hydrogen-bond acceptors (Lipinski definition) is 4. The highest BCUT2D eigenvalue weighted by Crippen LogP contribution is 2.34. The van der Waals surface area contributed by atoms with Crippen molar-refractivity contribution in [1.29, 1.82) is 0 Å². The number of ether oxygens (including phenoxy) is 2. The van der Waals surface area contributed by atoms with Crippen molar-refractivity contribution in [3.63, 3.8) is 0 Å². The second-order valence-electron chi connectivity index (χ2n) is 4.68. The summed E-state index contributed by atoms with van der Waals surface area (Å²) in [4.78, 5) is 12.1. The van der Waals surface area contributed by atoms with Gasteiger partial charge in [0.15, 0.2) is 11.5 Å². The first-order valence-corrected chi connectivity index (χ1v) is 5.99. The third kappa shape index (κ3) is 2.56. The molecular formula is C13H18N2O3. The van der Waals surface area contributed by atoms with E-state index in [-0.39, 0.29) is 12.7 Å². The molecule has 1 aliphatic rings. The number of carbonyl (C=O) groups excluding carboxylic acids is 1. The summed E-state index contributed by atoms with van der Waals surface area (Å²) in [6.45, 7) is 6.63. The molecule has 1 aliphatic heterocycles. The minimum Gasteiger partial charge on any atom is -0.454 e. The third-order valence-corrected chi connectivity index (χ3v) is 2.82. The number of hydrogen-bond donors (Lipinski definition) is 2. The fraction of sp³-hybridized carbons (Fsp3) is 0.462. The summed E-state index contributed by atoms with van der Waals surface area (Å²) in [5.41, 5.74) is 0.0979. The molecule has 0 radical (unpaired) electrons. The average Bonchev–Trinajstić information content (AvgIpc) is 2.76. The van der Waals surface area contributed by atoms with E-state index in [1.54, 1.807) is 18.2 Å². The van der Waals surface area contributed by atoms with E-state index in [1.807, 2.05) is 20.8 Å². The second kappa shape index (κ2) is 4.86. The van der Waals surface area contributed by atoms with Gasteiger partial charge in [-0.15, -0.1) is 0 Å². The molecule has 5 heteroatoms. The Morgan fingerprint density at radius 2 is 2.06 bits per heavy atom. The standard InChI is InChI=1S/C13H18N2O3/c1-4-14-13(2,3)12(16)15-9-5-6-10-11(7-9)18-8-17-10/h5-7,14H,4,8H2,1-3H3,(H,15,16). The van der Waals surface area contributed by atoms with Gasteiger partial charge in [0.1, 0.15) is 0 Å². The number of fused-ring (bicyclic) bond motifs is 1. The van der Waals surface area contributed by atoms with Crippen molar-refractivity contribution < 1.29 is 14.3 Å². The van der Waals surface area contributed by atoms with Gasteiger partial charge in [0.25, 0.3) is 0 Å². The minimum atomic E-state index is -0.606. The van der Waals surface area contributed by atoms with Gasteiger partial charge in [0.2, 0.25) is 12.7 Å². The van der Waals surface area contributed by atoms with E-state index in [0.717, 1.165) is 6.54 Å². The van der Waals surface area contributed by atoms with Crippen LogP contribution in [0.5, 0.6) is 11.5 Å². The fourth-order valence-electron chi connectivity index (χ4n) is 1.78. The van der Waals surface area contributed by atoms with E-state index in [2.05, 4.69) is 10.6 Å². The molecule has 1 heterocycles. The van der Waals surface area contributed by atoms with Gasteiger partial charge in [-0.2, -0.15) is 0 Å². The van der Waals surface area contributed by atoms with E-state index in [9.17, 15) is 4.79 Å². The van der Waals surface area contributed by atoms with Crippen LogP contribution in [0.4, 0.5) is 5.69 Å². The van der Waals surface area contributed by atoms with E-state index in [0.29, 0.717) is 17.2 Å². The van der Waals surface area contributed by atoms with Crippen LogP contribution in [0.3, 0.4) is 0 Å². The minimum absolute atomic E-state index is 0.0804. The number of carbonyl (C=O) groups is 1. The molecule has 0 aliphatic carbocycles. The highest BCUT2D eigenvalue weighted by atomic mass is 16.7. The van der Waals surface area contributed by atoms with Gasteiger partial charge in [0, 0.05) is 11.8 Å². The molecule has 18 heavy (non-hydrogen) atoms. The molecule has 98 valence electrons. The molecule has 2 N–H and O–H groups in total. The normalized spacial score (nSPS) is 13.5. The molecule has 0 unspecified atom stereocenters. The summed E-state index contributed by atoms with van der Waals surface area (Å²) in [6, 6.07) is 5.36. The summed E-state index contributed by atoms with van der Waals surface area (Å²) in [5.74, 6) is 1.29. The van der Waals surface area contributed by atoms with Crippen LogP contribution in [0.2, 0.25) is 0 Å². The Morgan fingerprint density at radius 3 is 2.78 bits per heavy atom. The van der Waals surface area contributed by atoms with E-state index in [4.69, 9.17) is 9.47 Å². The van der Waals surface area contributed by atoms with Crippen LogP contribution in [-0.2, 0) is 4.79 Å². The van der Waals surface area contributed by atoms with Gasteiger partial charge in [-0.3, -0.25) is 4.79 Å². The maximum absolute atomic E-state index is 12.1. The zero-order valence-corrected chi connectivity index (χ0v) is 10.9. The van der Waals surface area contributed by atoms with Crippen LogP contribution < -0.4 is 20.1 Å². The van der Waals surface area contributed by atoms with Crippen molar-refractivity contribution in [2.24, 2.45) is 0 Å². The summed E-state index contributed by atoms with van der Waals surface area (Å²) < 4.78 is 10.5. The summed E-state index contributed by atoms with van der Waals surface area (Å²) >= 11 is 0. The smallest absolute Gasteiger partial charge is 0.244 e. The SMILES string of the molecule is CCNC(C)(C)C(=O)Nc1ccc2c(c1)OCO2. The van der Waals surface area contributed by atoms with E-state index >= 15 is 0 Å². The van der Waals surface area contributed by atoms with Gasteiger partial charge in [0.05, 0.1) is 5.54 Å². The third-order valence-electron chi connectivity index (χ3n) is 2.82. The van der Waals surface area contributed by atoms with Gasteiger partial charge in [-0.05, 0) is 32.5 Å². The highest BCUT2D eigenvalue weighted by molar-refractivity contribution is 5.97. The molecule has 1 amide bonds. The zero-order valence-electron chi connectivity index (χ0n) is 10.9. The van der Waals surface area contributed by atoms with Crippen LogP contribution in [0, 0.1) is 0 Å². The van der Waals surface area contributed by atoms with Crippen LogP contribution in [0.1, 0.15) is 20.8 Å². The zero-order chi connectivity index (χ0) is 13.2. The number of benzene rings is 1. The first kappa shape index (κ1) is 12.7. The van der Waals surface area contributed by atoms with Crippen LogP contribution in [0.15, 0.2) is 18.2 Å². The molecule has 0 saturated carbocycles. The quantitative estimate of drug-likeness (QED) is 0.854. The Labute approximate surface area is 106 Å². The molecule has 0 aromatic heterocycles. The maximum Gasteiger partial charge on any atom is 0.244 e. The molecule has 1 aromatic carbocycles. The largest absolute Gasteiger partial charge is 0.454 e. The fourth-order valence-corrected chi connectivity index (χ4v) is 1.78. The average molecular weight is 250 g/mol. The number of amides is 1. The summed E-state index contributed by atoms with van der Waals surface area (Å²) in [7, 11) is 0. The van der Waals surface area contributed by atoms with Crippen molar-refractivity contribution in [2.75, 3.05) is 18.7 Å². The summed E-state index contributed by atoms with van der Waals surface area (Å²) in [5, 5.41) is 5.99. The molecule has 0 atom stereocenters. The first-order valence-electron chi connectivity index (χ1n) is 5.99. The lowest BCUT2D eigenvalue weighted by Gasteiger charge is -2.24. The molecule has 0 bridgehead atoms. The summed E-state index contributed by atoms with van der Waals surface area (Å²) in [6.07, 6.45) is 0. The monoisotopic (exact) mass is 250 g/mol. The predicted octanol–water partition coefficient (Wildman–Crippen LogP) is 1.74. The Kier molecular flexibility index (Phi) is 3.43. The molecule has 5 nitrogen and oxygen atoms in total. The van der Waals surface area contributed by atoms with Gasteiger partial charge in [-0.1, -0.05) is 6.92 Å². The molecule has 2 rings (SSSR count). The van der Waals surface area contributed by atoms with Crippen LogP contribution in [0.25, 0.3) is 0 Å². The maximum atomic E-state index is 12.1. The van der Waals surface area contributed by atoms with Gasteiger partial charge < -0.3 is 20.1 Å². The molecule has 1 aromatic rings.